The fraction of sp³-hybridized carbons (Fsp3) is 0.167. The lowest BCUT2D eigenvalue weighted by atomic mass is 10.2. The third kappa shape index (κ3) is 2.12. The van der Waals surface area contributed by atoms with E-state index < -0.39 is 0 Å². The SMILES string of the molecule is Cc1ccc2c(c1)Nc1c(n(C)n(-c3ccccc3)c1=O)CO2. The standard InChI is InChI=1S/C18H17N3O2/c1-12-8-9-16-14(10-12)19-17-15(11-23-16)20(2)21(18(17)22)13-6-4-3-5-7-13/h3-10,19H,11H2,1-2H3. The molecule has 116 valence electrons. The normalized spacial score (nSPS) is 12.6. The lowest BCUT2D eigenvalue weighted by Crippen LogP contribution is -2.21. The summed E-state index contributed by atoms with van der Waals surface area (Å²) in [5.41, 5.74) is 4.09. The van der Waals surface area contributed by atoms with Gasteiger partial charge < -0.3 is 10.1 Å². The quantitative estimate of drug-likeness (QED) is 0.751. The average Bonchev–Trinajstić information content (AvgIpc) is 2.71. The molecule has 0 unspecified atom stereocenters. The maximum Gasteiger partial charge on any atom is 0.295 e. The average molecular weight is 307 g/mol. The van der Waals surface area contributed by atoms with E-state index in [4.69, 9.17) is 4.74 Å². The van der Waals surface area contributed by atoms with Crippen LogP contribution in [0.3, 0.4) is 0 Å². The lowest BCUT2D eigenvalue weighted by molar-refractivity contribution is 0.297. The topological polar surface area (TPSA) is 48.2 Å². The Balaban J connectivity index is 1.90. The monoisotopic (exact) mass is 307 g/mol. The van der Waals surface area contributed by atoms with Gasteiger partial charge in [-0.15, -0.1) is 0 Å². The van der Waals surface area contributed by atoms with Crippen LogP contribution in [-0.4, -0.2) is 9.36 Å². The largest absolute Gasteiger partial charge is 0.485 e. The number of aryl methyl sites for hydroxylation is 1. The van der Waals surface area contributed by atoms with E-state index >= 15 is 0 Å². The van der Waals surface area contributed by atoms with E-state index in [0.29, 0.717) is 12.3 Å². The van der Waals surface area contributed by atoms with Gasteiger partial charge in [-0.05, 0) is 36.8 Å². The van der Waals surface area contributed by atoms with Crippen LogP contribution in [0.1, 0.15) is 11.3 Å². The van der Waals surface area contributed by atoms with Crippen LogP contribution in [0.25, 0.3) is 5.69 Å². The van der Waals surface area contributed by atoms with Crippen LogP contribution >= 0.6 is 0 Å². The number of aromatic nitrogens is 2. The summed E-state index contributed by atoms with van der Waals surface area (Å²) in [4.78, 5) is 12.9. The van der Waals surface area contributed by atoms with Gasteiger partial charge >= 0.3 is 0 Å². The number of benzene rings is 2. The van der Waals surface area contributed by atoms with Crippen LogP contribution in [0.4, 0.5) is 11.4 Å². The van der Waals surface area contributed by atoms with E-state index in [1.165, 1.54) is 0 Å². The molecule has 0 spiro atoms. The fourth-order valence-corrected chi connectivity index (χ4v) is 2.95. The number of para-hydroxylation sites is 1. The Morgan fingerprint density at radius 3 is 2.70 bits per heavy atom. The molecule has 1 aliphatic heterocycles. The molecule has 0 fully saturated rings. The highest BCUT2D eigenvalue weighted by molar-refractivity contribution is 5.69. The molecule has 0 aliphatic carbocycles. The van der Waals surface area contributed by atoms with Gasteiger partial charge in [-0.2, -0.15) is 0 Å². The van der Waals surface area contributed by atoms with Crippen molar-refractivity contribution in [3.05, 3.63) is 70.1 Å². The van der Waals surface area contributed by atoms with Gasteiger partial charge in [0.15, 0.2) is 0 Å². The van der Waals surface area contributed by atoms with Crippen LogP contribution < -0.4 is 15.6 Å². The number of hydrogen-bond donors (Lipinski definition) is 1. The molecule has 0 amide bonds. The molecule has 3 aromatic rings. The van der Waals surface area contributed by atoms with Crippen LogP contribution in [0.15, 0.2) is 53.3 Å². The summed E-state index contributed by atoms with van der Waals surface area (Å²) >= 11 is 0. The molecule has 0 bridgehead atoms. The predicted octanol–water partition coefficient (Wildman–Crippen LogP) is 3.12. The van der Waals surface area contributed by atoms with Gasteiger partial charge in [0.05, 0.1) is 11.4 Å². The van der Waals surface area contributed by atoms with Gasteiger partial charge in [-0.3, -0.25) is 9.48 Å². The van der Waals surface area contributed by atoms with Crippen molar-refractivity contribution >= 4 is 11.4 Å². The Kier molecular flexibility index (Phi) is 3.01. The third-order valence-corrected chi connectivity index (χ3v) is 4.15. The van der Waals surface area contributed by atoms with Crippen molar-refractivity contribution in [1.29, 1.82) is 0 Å². The van der Waals surface area contributed by atoms with Crippen LogP contribution in [0.2, 0.25) is 0 Å². The third-order valence-electron chi connectivity index (χ3n) is 4.15. The highest BCUT2D eigenvalue weighted by atomic mass is 16.5. The number of nitrogens with zero attached hydrogens (tertiary/aromatic N) is 2. The molecule has 4 rings (SSSR count). The molecule has 1 N–H and O–H groups in total. The molecule has 0 radical (unpaired) electrons. The zero-order valence-electron chi connectivity index (χ0n) is 13.0. The Hall–Kier alpha value is -2.95. The lowest BCUT2D eigenvalue weighted by Gasteiger charge is -2.11. The zero-order chi connectivity index (χ0) is 16.0. The van der Waals surface area contributed by atoms with E-state index in [1.807, 2.05) is 67.2 Å². The molecule has 0 saturated heterocycles. The number of ether oxygens (including phenoxy) is 1. The Labute approximate surface area is 133 Å². The van der Waals surface area contributed by atoms with E-state index in [2.05, 4.69) is 5.32 Å². The van der Waals surface area contributed by atoms with E-state index in [-0.39, 0.29) is 5.56 Å². The number of nitrogens with one attached hydrogen (secondary N) is 1. The minimum absolute atomic E-state index is 0.0772. The van der Waals surface area contributed by atoms with Crippen LogP contribution in [0.5, 0.6) is 5.75 Å². The van der Waals surface area contributed by atoms with Crippen molar-refractivity contribution in [2.45, 2.75) is 13.5 Å². The van der Waals surface area contributed by atoms with Crippen molar-refractivity contribution in [2.75, 3.05) is 5.32 Å². The van der Waals surface area contributed by atoms with E-state index in [1.54, 1.807) is 4.68 Å². The van der Waals surface area contributed by atoms with E-state index in [0.717, 1.165) is 28.4 Å². The van der Waals surface area contributed by atoms with Crippen molar-refractivity contribution < 1.29 is 4.74 Å². The molecule has 5 nitrogen and oxygen atoms in total. The second kappa shape index (κ2) is 5.05. The Morgan fingerprint density at radius 1 is 1.13 bits per heavy atom. The van der Waals surface area contributed by atoms with Crippen LogP contribution in [-0.2, 0) is 13.7 Å². The molecule has 2 aromatic carbocycles. The molecule has 1 aromatic heterocycles. The highest BCUT2D eigenvalue weighted by Gasteiger charge is 2.23. The van der Waals surface area contributed by atoms with Crippen molar-refractivity contribution in [2.24, 2.45) is 7.05 Å². The minimum Gasteiger partial charge on any atom is -0.485 e. The second-order valence-corrected chi connectivity index (χ2v) is 5.71. The Morgan fingerprint density at radius 2 is 1.91 bits per heavy atom. The fourth-order valence-electron chi connectivity index (χ4n) is 2.95. The van der Waals surface area contributed by atoms with Gasteiger partial charge in [-0.1, -0.05) is 24.3 Å². The summed E-state index contributed by atoms with van der Waals surface area (Å²) in [7, 11) is 1.87. The number of fused-ring (bicyclic) bond motifs is 2. The molecule has 2 heterocycles. The number of hydrogen-bond acceptors (Lipinski definition) is 3. The summed E-state index contributed by atoms with van der Waals surface area (Å²) < 4.78 is 9.38. The highest BCUT2D eigenvalue weighted by Crippen LogP contribution is 2.33. The van der Waals surface area contributed by atoms with Crippen molar-refractivity contribution in [1.82, 2.24) is 9.36 Å². The van der Waals surface area contributed by atoms with Gasteiger partial charge in [0, 0.05) is 7.05 Å². The first kappa shape index (κ1) is 13.7. The molecule has 5 heteroatoms. The molecule has 1 aliphatic rings. The van der Waals surface area contributed by atoms with Gasteiger partial charge in [0.2, 0.25) is 0 Å². The first-order valence-electron chi connectivity index (χ1n) is 7.52. The predicted molar refractivity (Wildman–Crippen MR) is 89.8 cm³/mol. The molecule has 23 heavy (non-hydrogen) atoms. The summed E-state index contributed by atoms with van der Waals surface area (Å²) in [6, 6.07) is 15.5. The zero-order valence-corrected chi connectivity index (χ0v) is 13.0. The summed E-state index contributed by atoms with van der Waals surface area (Å²) in [5, 5.41) is 3.26. The Bertz CT molecular complexity index is 939. The van der Waals surface area contributed by atoms with Gasteiger partial charge in [0.1, 0.15) is 23.7 Å². The number of anilines is 2. The molecule has 0 atom stereocenters. The smallest absolute Gasteiger partial charge is 0.295 e. The van der Waals surface area contributed by atoms with Gasteiger partial charge in [0.25, 0.3) is 5.56 Å². The molecular weight excluding hydrogens is 290 g/mol. The molecular formula is C18H17N3O2. The van der Waals surface area contributed by atoms with Gasteiger partial charge in [-0.25, -0.2) is 4.68 Å². The number of rotatable bonds is 1. The first-order chi connectivity index (χ1) is 11.1. The summed E-state index contributed by atoms with van der Waals surface area (Å²) in [6.07, 6.45) is 0. The maximum atomic E-state index is 12.9. The minimum atomic E-state index is -0.0772. The maximum absolute atomic E-state index is 12.9. The van der Waals surface area contributed by atoms with Crippen molar-refractivity contribution in [3.8, 4) is 11.4 Å². The first-order valence-corrected chi connectivity index (χ1v) is 7.52. The van der Waals surface area contributed by atoms with E-state index in [9.17, 15) is 4.79 Å². The van der Waals surface area contributed by atoms with Crippen molar-refractivity contribution in [3.63, 3.8) is 0 Å². The summed E-state index contributed by atoms with van der Waals surface area (Å²) in [5.74, 6) is 0.762. The van der Waals surface area contributed by atoms with Crippen LogP contribution in [0, 0.1) is 6.92 Å². The molecule has 0 saturated carbocycles. The second-order valence-electron chi connectivity index (χ2n) is 5.71. The summed E-state index contributed by atoms with van der Waals surface area (Å²) in [6.45, 7) is 2.37.